The number of imidazole rings is 1. The number of nitrogens with zero attached hydrogens (tertiary/aromatic N) is 5. The summed E-state index contributed by atoms with van der Waals surface area (Å²) in [5.74, 6) is 0.861. The fourth-order valence-corrected chi connectivity index (χ4v) is 4.04. The monoisotopic (exact) mass is 543 g/mol. The molecule has 1 amide bonds. The lowest BCUT2D eigenvalue weighted by molar-refractivity contribution is -0.124. The average Bonchev–Trinajstić information content (AvgIpc) is 3.40. The number of hydrogen-bond donors (Lipinski definition) is 4. The number of halogens is 2. The Morgan fingerprint density at radius 1 is 1.25 bits per heavy atom. The van der Waals surface area contributed by atoms with Crippen LogP contribution in [0.5, 0.6) is 5.75 Å². The molecule has 5 atom stereocenters. The number of aliphatic hydroxyl groups is 2. The molecule has 2 aromatic heterocycles. The van der Waals surface area contributed by atoms with E-state index in [0.29, 0.717) is 29.2 Å². The van der Waals surface area contributed by atoms with Gasteiger partial charge in [0.25, 0.3) is 0 Å². The number of ether oxygens (including phenoxy) is 2. The van der Waals surface area contributed by atoms with E-state index in [1.165, 1.54) is 12.7 Å². The predicted octanol–water partition coefficient (Wildman–Crippen LogP) is 0.0499. The highest BCUT2D eigenvalue weighted by Gasteiger charge is 2.46. The highest BCUT2D eigenvalue weighted by molar-refractivity contribution is 5.86. The van der Waals surface area contributed by atoms with Crippen molar-refractivity contribution in [2.45, 2.75) is 36.9 Å². The number of hydrogen-bond acceptors (Lipinski definition) is 10. The van der Waals surface area contributed by atoms with Crippen LogP contribution in [0.25, 0.3) is 11.2 Å². The van der Waals surface area contributed by atoms with Gasteiger partial charge in [0.15, 0.2) is 23.2 Å². The molecule has 1 aliphatic heterocycles. The molecule has 4 rings (SSSR count). The number of nitrogens with one attached hydrogen (secondary N) is 1. The van der Waals surface area contributed by atoms with Crippen LogP contribution >= 0.6 is 24.8 Å². The SMILES string of the molecule is COc1ccc(C[C@@H](N)C(=O)N[C@@H]2[C@@H](O)[C@H](n3cnc4c(N(C)C)ncnc43)O[C@@H]2CO)cc1.Cl.Cl. The number of aromatic nitrogens is 4. The van der Waals surface area contributed by atoms with Crippen LogP contribution in [0, 0.1) is 0 Å². The molecule has 0 bridgehead atoms. The second-order valence-corrected chi connectivity index (χ2v) is 8.35. The first kappa shape index (κ1) is 29.5. The molecular formula is C22H31Cl2N7O5. The van der Waals surface area contributed by atoms with Crippen molar-refractivity contribution in [2.75, 3.05) is 32.7 Å². The number of anilines is 1. The molecule has 1 fully saturated rings. The van der Waals surface area contributed by atoms with Gasteiger partial charge in [-0.3, -0.25) is 9.36 Å². The lowest BCUT2D eigenvalue weighted by Gasteiger charge is -2.23. The third kappa shape index (κ3) is 5.80. The Bertz CT molecular complexity index is 1150. The molecule has 12 nitrogen and oxygen atoms in total. The van der Waals surface area contributed by atoms with Crippen LogP contribution < -0.4 is 20.7 Å². The molecule has 0 aliphatic carbocycles. The van der Waals surface area contributed by atoms with Crippen molar-refractivity contribution < 1.29 is 24.5 Å². The Balaban J connectivity index is 0.00000228. The summed E-state index contributed by atoms with van der Waals surface area (Å²) in [5, 5.41) is 23.6. The van der Waals surface area contributed by atoms with Crippen LogP contribution in [0.3, 0.4) is 0 Å². The topological polar surface area (TPSA) is 161 Å². The lowest BCUT2D eigenvalue weighted by Crippen LogP contribution is -2.53. The summed E-state index contributed by atoms with van der Waals surface area (Å²) in [6.45, 7) is -0.406. The van der Waals surface area contributed by atoms with Crippen molar-refractivity contribution in [2.24, 2.45) is 5.73 Å². The van der Waals surface area contributed by atoms with E-state index < -0.39 is 43.0 Å². The van der Waals surface area contributed by atoms with Crippen LogP contribution in [-0.4, -0.2) is 87.7 Å². The minimum Gasteiger partial charge on any atom is -0.497 e. The predicted molar refractivity (Wildman–Crippen MR) is 138 cm³/mol. The second kappa shape index (κ2) is 12.5. The minimum absolute atomic E-state index is 0. The van der Waals surface area contributed by atoms with Crippen molar-refractivity contribution in [3.63, 3.8) is 0 Å². The van der Waals surface area contributed by atoms with Crippen molar-refractivity contribution in [1.29, 1.82) is 0 Å². The van der Waals surface area contributed by atoms with Crippen molar-refractivity contribution >= 4 is 47.7 Å². The molecule has 3 aromatic rings. The fraction of sp³-hybridized carbons (Fsp3) is 0.455. The number of carbonyl (C=O) groups is 1. The average molecular weight is 544 g/mol. The molecule has 0 radical (unpaired) electrons. The zero-order valence-electron chi connectivity index (χ0n) is 20.0. The summed E-state index contributed by atoms with van der Waals surface area (Å²) in [5.41, 5.74) is 7.98. The first-order valence-electron chi connectivity index (χ1n) is 10.8. The number of carbonyl (C=O) groups excluding carboxylic acids is 1. The molecule has 1 aliphatic rings. The van der Waals surface area contributed by atoms with Gasteiger partial charge in [0, 0.05) is 14.1 Å². The van der Waals surface area contributed by atoms with Gasteiger partial charge in [-0.25, -0.2) is 15.0 Å². The molecule has 5 N–H and O–H groups in total. The van der Waals surface area contributed by atoms with Gasteiger partial charge in [0.05, 0.1) is 32.1 Å². The number of methoxy groups -OCH3 is 1. The largest absolute Gasteiger partial charge is 0.497 e. The van der Waals surface area contributed by atoms with Crippen LogP contribution in [-0.2, 0) is 16.0 Å². The van der Waals surface area contributed by atoms with E-state index in [-0.39, 0.29) is 24.8 Å². The molecule has 3 heterocycles. The van der Waals surface area contributed by atoms with E-state index in [9.17, 15) is 15.0 Å². The molecular weight excluding hydrogens is 513 g/mol. The summed E-state index contributed by atoms with van der Waals surface area (Å²) in [7, 11) is 5.25. The van der Waals surface area contributed by atoms with Crippen molar-refractivity contribution in [1.82, 2.24) is 24.8 Å². The minimum atomic E-state index is -1.18. The van der Waals surface area contributed by atoms with Crippen LogP contribution in [0.4, 0.5) is 5.82 Å². The lowest BCUT2D eigenvalue weighted by atomic mass is 10.0. The number of benzene rings is 1. The maximum Gasteiger partial charge on any atom is 0.237 e. The molecule has 14 heteroatoms. The number of rotatable bonds is 8. The van der Waals surface area contributed by atoms with Crippen LogP contribution in [0.15, 0.2) is 36.9 Å². The summed E-state index contributed by atoms with van der Waals surface area (Å²) < 4.78 is 12.6. The fourth-order valence-electron chi connectivity index (χ4n) is 4.04. The van der Waals surface area contributed by atoms with Gasteiger partial charge in [0.2, 0.25) is 5.91 Å². The Hall–Kier alpha value is -2.74. The van der Waals surface area contributed by atoms with Gasteiger partial charge in [-0.05, 0) is 24.1 Å². The van der Waals surface area contributed by atoms with E-state index in [1.807, 2.05) is 26.2 Å². The maximum atomic E-state index is 12.8. The molecule has 0 spiro atoms. The maximum absolute atomic E-state index is 12.8. The van der Waals surface area contributed by atoms with Crippen LogP contribution in [0.2, 0.25) is 0 Å². The van der Waals surface area contributed by atoms with Crippen molar-refractivity contribution in [3.05, 3.63) is 42.5 Å². The third-order valence-electron chi connectivity index (χ3n) is 5.85. The number of aliphatic hydroxyl groups excluding tert-OH is 2. The quantitative estimate of drug-likeness (QED) is 0.305. The highest BCUT2D eigenvalue weighted by atomic mass is 35.5. The van der Waals surface area contributed by atoms with E-state index >= 15 is 0 Å². The molecule has 198 valence electrons. The van der Waals surface area contributed by atoms with Gasteiger partial charge in [-0.2, -0.15) is 0 Å². The van der Waals surface area contributed by atoms with Crippen LogP contribution in [0.1, 0.15) is 11.8 Å². The standard InChI is InChI=1S/C22H29N7O5.2ClH/c1-28(2)19-17-20(25-10-24-19)29(11-26-17)22-18(31)16(15(9-30)34-22)27-21(32)14(23)8-12-4-6-13(33-3)7-5-12;;/h4-7,10-11,14-16,18,22,30-31H,8-9,23H2,1-3H3,(H,27,32);2*1H/t14-,15-,16+,18-,22-;;/m1../s1. The zero-order chi connectivity index (χ0) is 24.4. The summed E-state index contributed by atoms with van der Waals surface area (Å²) >= 11 is 0. The number of fused-ring (bicyclic) bond motifs is 1. The van der Waals surface area contributed by atoms with E-state index in [2.05, 4.69) is 20.3 Å². The number of nitrogens with two attached hydrogens (primary N) is 1. The molecule has 0 unspecified atom stereocenters. The first-order chi connectivity index (χ1) is 16.3. The van der Waals surface area contributed by atoms with Gasteiger partial charge < -0.3 is 35.6 Å². The van der Waals surface area contributed by atoms with Gasteiger partial charge in [-0.1, -0.05) is 12.1 Å². The Morgan fingerprint density at radius 3 is 2.56 bits per heavy atom. The van der Waals surface area contributed by atoms with Gasteiger partial charge in [-0.15, -0.1) is 24.8 Å². The molecule has 1 aromatic carbocycles. The summed E-state index contributed by atoms with van der Waals surface area (Å²) in [6.07, 6.45) is 0.250. The second-order valence-electron chi connectivity index (χ2n) is 8.35. The molecule has 1 saturated heterocycles. The van der Waals surface area contributed by atoms with E-state index in [1.54, 1.807) is 28.7 Å². The Labute approximate surface area is 220 Å². The van der Waals surface area contributed by atoms with E-state index in [0.717, 1.165) is 5.56 Å². The summed E-state index contributed by atoms with van der Waals surface area (Å²) in [6, 6.07) is 5.52. The van der Waals surface area contributed by atoms with Gasteiger partial charge >= 0.3 is 0 Å². The molecule has 0 saturated carbocycles. The summed E-state index contributed by atoms with van der Waals surface area (Å²) in [4.78, 5) is 27.5. The molecule has 36 heavy (non-hydrogen) atoms. The normalized spacial score (nSPS) is 21.8. The third-order valence-corrected chi connectivity index (χ3v) is 5.85. The number of amides is 1. The zero-order valence-corrected chi connectivity index (χ0v) is 21.6. The van der Waals surface area contributed by atoms with E-state index in [4.69, 9.17) is 15.2 Å². The van der Waals surface area contributed by atoms with Crippen molar-refractivity contribution in [3.8, 4) is 5.75 Å². The van der Waals surface area contributed by atoms with Gasteiger partial charge in [0.1, 0.15) is 24.3 Å². The first-order valence-corrected chi connectivity index (χ1v) is 10.8. The Kier molecular flexibility index (Phi) is 10.2. The smallest absolute Gasteiger partial charge is 0.237 e. The Morgan fingerprint density at radius 2 is 1.94 bits per heavy atom. The highest BCUT2D eigenvalue weighted by Crippen LogP contribution is 2.32.